The fourth-order valence-electron chi connectivity index (χ4n) is 4.51. The fourth-order valence-corrected chi connectivity index (χ4v) is 8.07. The molecule has 0 saturated carbocycles. The maximum Gasteiger partial charge on any atom is 0.481 e. The number of imidazole rings is 1. The van der Waals surface area contributed by atoms with Crippen molar-refractivity contribution in [2.75, 3.05) is 44.3 Å². The molecule has 0 bridgehead atoms. The second-order valence-corrected chi connectivity index (χ2v) is 17.5. The van der Waals surface area contributed by atoms with Crippen molar-refractivity contribution in [2.45, 2.75) is 57.0 Å². The van der Waals surface area contributed by atoms with Crippen molar-refractivity contribution in [2.24, 2.45) is 11.1 Å². The number of rotatable bonds is 21. The minimum atomic E-state index is -5.57. The Bertz CT molecular complexity index is 1780. The fraction of sp³-hybridized carbons (Fsp3) is 0.667. The monoisotopic (exact) mass is 854 g/mol. The number of quaternary nitrogens is 1. The molecule has 2 amide bonds. The molecule has 1 aliphatic rings. The zero-order valence-corrected chi connectivity index (χ0v) is 32.1. The van der Waals surface area contributed by atoms with E-state index in [0.717, 1.165) is 29.0 Å². The molecule has 0 aromatic carbocycles. The Kier molecular flexibility index (Phi) is 16.2. The third-order valence-corrected chi connectivity index (χ3v) is 11.5. The van der Waals surface area contributed by atoms with E-state index >= 15 is 0 Å². The second kappa shape index (κ2) is 19.1. The molecule has 2 aromatic heterocycles. The van der Waals surface area contributed by atoms with Crippen LogP contribution in [0.5, 0.6) is 0 Å². The van der Waals surface area contributed by atoms with E-state index in [0.29, 0.717) is 0 Å². The molecule has 8 atom stereocenters. The number of phosphoric ester groups is 3. The first-order valence-corrected chi connectivity index (χ1v) is 21.1. The summed E-state index contributed by atoms with van der Waals surface area (Å²) in [5.74, 6) is -1.24. The number of aromatic nitrogens is 4. The van der Waals surface area contributed by atoms with Gasteiger partial charge in [0.25, 0.3) is 0 Å². The minimum Gasteiger partial charge on any atom is -0.386 e. The molecule has 0 spiro atoms. The highest BCUT2D eigenvalue weighted by molar-refractivity contribution is 8.13. The number of aliphatic hydroxyl groups is 2. The molecule has 1 aliphatic heterocycles. The number of hydrogen-bond donors (Lipinski definition) is 11. The first-order chi connectivity index (χ1) is 25.0. The zero-order valence-electron chi connectivity index (χ0n) is 28.6. The van der Waals surface area contributed by atoms with Crippen molar-refractivity contribution >= 4 is 69.1 Å². The zero-order chi connectivity index (χ0) is 40.6. The number of nitrogens with one attached hydrogen (secondary N) is 2. The third kappa shape index (κ3) is 13.3. The first kappa shape index (κ1) is 45.9. The van der Waals surface area contributed by atoms with E-state index in [9.17, 15) is 57.9 Å². The number of phosphoric acid groups is 3. The molecule has 306 valence electrons. The van der Waals surface area contributed by atoms with Gasteiger partial charge in [-0.3, -0.25) is 32.5 Å². The van der Waals surface area contributed by atoms with Gasteiger partial charge in [-0.1, -0.05) is 25.6 Å². The van der Waals surface area contributed by atoms with E-state index in [1.54, 1.807) is 0 Å². The Morgan fingerprint density at radius 1 is 1.09 bits per heavy atom. The number of nitrogen functional groups attached to an aromatic ring is 1. The smallest absolute Gasteiger partial charge is 0.386 e. The molecule has 54 heavy (non-hydrogen) atoms. The van der Waals surface area contributed by atoms with Gasteiger partial charge in [-0.05, 0) is 0 Å². The highest BCUT2D eigenvalue weighted by Crippen LogP contribution is 2.61. The van der Waals surface area contributed by atoms with Gasteiger partial charge in [-0.2, -0.15) is 4.31 Å². The number of anilines is 1. The largest absolute Gasteiger partial charge is 0.481 e. The van der Waals surface area contributed by atoms with Gasteiger partial charge >= 0.3 is 23.5 Å². The number of aliphatic hydroxyl groups excluding tert-OH is 2. The van der Waals surface area contributed by atoms with Gasteiger partial charge in [0.05, 0.1) is 26.1 Å². The predicted octanol–water partition coefficient (Wildman–Crippen LogP) is -3.77. The maximum atomic E-state index is 12.6. The standard InChI is InChI=1S/C24H42N9O17P3S/c1-24(2,18(36)21(37)29-4-3-14(34)28-5-6-54-23(38)12(26)7-25)9-47-53(44,45)50-52(42,43)46-8-13-17(49-51(39,40)41)16(35)22(48-13)33-11-32-15-19(27)30-10-31-20(15)33/h10-13,16-18,22,35-36H,3-9,25-26H2,1-2H3,(H,28,34)(H,29,37)(H,42,43)(H,44,45)(H2,27,30,31)(H2,39,40,41)/p+1. The number of thioether (sulfide) groups is 1. The third-order valence-electron chi connectivity index (χ3n) is 7.36. The number of nitrogens with zero attached hydrogens (tertiary/aromatic N) is 4. The number of amides is 2. The maximum absolute atomic E-state index is 12.6. The van der Waals surface area contributed by atoms with Gasteiger partial charge in [0, 0.05) is 30.7 Å². The van der Waals surface area contributed by atoms with Gasteiger partial charge < -0.3 is 62.4 Å². The van der Waals surface area contributed by atoms with Gasteiger partial charge in [0.1, 0.15) is 42.3 Å². The Labute approximate surface area is 310 Å². The molecular weight excluding hydrogens is 811 g/mol. The van der Waals surface area contributed by atoms with Crippen molar-refractivity contribution in [3.8, 4) is 0 Å². The number of carbonyl (C=O) groups excluding carboxylic acids is 3. The summed E-state index contributed by atoms with van der Waals surface area (Å²) in [7, 11) is -16.4. The van der Waals surface area contributed by atoms with Crippen molar-refractivity contribution in [1.29, 1.82) is 0 Å². The van der Waals surface area contributed by atoms with E-state index in [2.05, 4.69) is 40.2 Å². The molecule has 26 nitrogen and oxygen atoms in total. The summed E-state index contributed by atoms with van der Waals surface area (Å²) in [5, 5.41) is 26.0. The Morgan fingerprint density at radius 2 is 1.76 bits per heavy atom. The summed E-state index contributed by atoms with van der Waals surface area (Å²) in [4.78, 5) is 87.0. The van der Waals surface area contributed by atoms with Crippen LogP contribution in [0, 0.1) is 5.41 Å². The van der Waals surface area contributed by atoms with Crippen LogP contribution in [-0.4, -0.2) is 135 Å². The number of ether oxygens (including phenoxy) is 1. The van der Waals surface area contributed by atoms with E-state index in [1.165, 1.54) is 13.8 Å². The topological polar surface area (TPSA) is 417 Å². The molecule has 8 unspecified atom stereocenters. The van der Waals surface area contributed by atoms with Crippen molar-refractivity contribution in [3.05, 3.63) is 12.7 Å². The predicted molar refractivity (Wildman–Crippen MR) is 183 cm³/mol. The lowest BCUT2D eigenvalue weighted by Gasteiger charge is -2.30. The molecule has 3 heterocycles. The van der Waals surface area contributed by atoms with E-state index < -0.39 is 90.6 Å². The summed E-state index contributed by atoms with van der Waals surface area (Å²) in [6.07, 6.45) is -6.97. The minimum absolute atomic E-state index is 0.0270. The van der Waals surface area contributed by atoms with Crippen LogP contribution in [0.15, 0.2) is 12.7 Å². The van der Waals surface area contributed by atoms with Gasteiger partial charge in [-0.25, -0.2) is 28.6 Å². The molecule has 1 fully saturated rings. The van der Waals surface area contributed by atoms with Crippen LogP contribution in [0.1, 0.15) is 26.5 Å². The molecule has 30 heteroatoms. The highest BCUT2D eigenvalue weighted by Gasteiger charge is 2.50. The summed E-state index contributed by atoms with van der Waals surface area (Å²) >= 11 is 0.938. The average Bonchev–Trinajstić information content (AvgIpc) is 3.64. The van der Waals surface area contributed by atoms with Crippen molar-refractivity contribution in [3.63, 3.8) is 0 Å². The van der Waals surface area contributed by atoms with Gasteiger partial charge in [0.2, 0.25) is 16.9 Å². The van der Waals surface area contributed by atoms with Crippen LogP contribution in [0.2, 0.25) is 0 Å². The summed E-state index contributed by atoms with van der Waals surface area (Å²) in [6.45, 7) is 0.612. The molecule has 0 radical (unpaired) electrons. The van der Waals surface area contributed by atoms with Gasteiger partial charge in [-0.15, -0.1) is 0 Å². The number of nitrogens with two attached hydrogens (primary N) is 2. The highest BCUT2D eigenvalue weighted by atomic mass is 32.2. The average molecular weight is 855 g/mol. The van der Waals surface area contributed by atoms with E-state index in [1.807, 2.05) is 0 Å². The normalized spacial score (nSPS) is 22.6. The summed E-state index contributed by atoms with van der Waals surface area (Å²) in [6, 6.07) is -0.706. The van der Waals surface area contributed by atoms with Crippen LogP contribution < -0.4 is 27.8 Å². The van der Waals surface area contributed by atoms with E-state index in [-0.39, 0.29) is 53.9 Å². The van der Waals surface area contributed by atoms with Crippen LogP contribution in [0.25, 0.3) is 11.2 Å². The summed E-state index contributed by atoms with van der Waals surface area (Å²) < 4.78 is 61.9. The van der Waals surface area contributed by atoms with Crippen LogP contribution in [-0.2, 0) is 50.7 Å². The lowest BCUT2D eigenvalue weighted by molar-refractivity contribution is -0.368. The Hall–Kier alpha value is -2.52. The molecule has 15 N–H and O–H groups in total. The second-order valence-electron chi connectivity index (χ2n) is 12.1. The van der Waals surface area contributed by atoms with Crippen LogP contribution >= 0.6 is 35.2 Å². The van der Waals surface area contributed by atoms with Gasteiger partial charge in [0.15, 0.2) is 17.7 Å². The summed E-state index contributed by atoms with van der Waals surface area (Å²) in [5.41, 5.74) is 13.3. The van der Waals surface area contributed by atoms with Crippen molar-refractivity contribution < 1.29 is 86.2 Å². The van der Waals surface area contributed by atoms with E-state index in [4.69, 9.17) is 25.3 Å². The lowest BCUT2D eigenvalue weighted by atomic mass is 9.87. The molecule has 1 saturated heterocycles. The molecule has 0 aliphatic carbocycles. The Morgan fingerprint density at radius 3 is 2.41 bits per heavy atom. The first-order valence-electron chi connectivity index (χ1n) is 15.6. The van der Waals surface area contributed by atoms with Crippen LogP contribution in [0.4, 0.5) is 5.82 Å². The SMILES string of the molecule is CC(C)(COP(=O)(O)OP(=O)(O)OCC1OC(n2cnc3c(N)ncnc32)C(O)C1OP(=O)(O)O)C(O)C(=O)NCCC(=O)NCCSC(=O)C(N)C[NH3+]. The quantitative estimate of drug-likeness (QED) is 0.0424. The Balaban J connectivity index is 1.51. The number of fused-ring (bicyclic) bond motifs is 1. The molecular formula is C24H43N9O17P3S+. The van der Waals surface area contributed by atoms with Crippen molar-refractivity contribution in [1.82, 2.24) is 30.2 Å². The number of hydrogen-bond acceptors (Lipinski definition) is 19. The lowest BCUT2D eigenvalue weighted by Crippen LogP contribution is -2.60. The van der Waals surface area contributed by atoms with Crippen LogP contribution in [0.3, 0.4) is 0 Å². The number of carbonyl (C=O) groups is 3. The molecule has 3 rings (SSSR count). The molecule has 2 aromatic rings.